The van der Waals surface area contributed by atoms with Crippen LogP contribution < -0.4 is 0 Å². The number of aromatic nitrogens is 1. The van der Waals surface area contributed by atoms with Crippen LogP contribution in [0.25, 0.3) is 0 Å². The number of ether oxygens (including phenoxy) is 1. The minimum Gasteiger partial charge on any atom is -0.457 e. The fourth-order valence-corrected chi connectivity index (χ4v) is 3.79. The lowest BCUT2D eigenvalue weighted by atomic mass is 10.1. The van der Waals surface area contributed by atoms with Gasteiger partial charge in [0.15, 0.2) is 0 Å². The average molecular weight is 398 g/mol. The molecule has 3 aromatic rings. The number of hydrogen-bond acceptors (Lipinski definition) is 6. The van der Waals surface area contributed by atoms with Crippen molar-refractivity contribution in [1.82, 2.24) is 4.98 Å². The monoisotopic (exact) mass is 398 g/mol. The second kappa shape index (κ2) is 8.80. The third kappa shape index (κ3) is 5.16. The molecule has 0 N–H and O–H groups in total. The number of thioether (sulfide) groups is 1. The van der Waals surface area contributed by atoms with Gasteiger partial charge in [-0.25, -0.2) is 14.2 Å². The van der Waals surface area contributed by atoms with Crippen LogP contribution in [0.1, 0.15) is 32.2 Å². The van der Waals surface area contributed by atoms with E-state index in [0.717, 1.165) is 27.4 Å². The van der Waals surface area contributed by atoms with Crippen LogP contribution in [-0.2, 0) is 17.1 Å². The van der Waals surface area contributed by atoms with Crippen molar-refractivity contribution < 1.29 is 13.9 Å². The first kappa shape index (κ1) is 19.1. The van der Waals surface area contributed by atoms with Crippen LogP contribution in [0.5, 0.6) is 0 Å². The maximum Gasteiger partial charge on any atom is 0.338 e. The van der Waals surface area contributed by atoms with Gasteiger partial charge in [-0.2, -0.15) is 5.26 Å². The molecule has 0 bridgehead atoms. The molecule has 0 fully saturated rings. The average Bonchev–Trinajstić information content (AvgIpc) is 3.10. The molecule has 0 saturated carbocycles. The molecular weight excluding hydrogens is 383 g/mol. The van der Waals surface area contributed by atoms with E-state index >= 15 is 0 Å². The van der Waals surface area contributed by atoms with E-state index < -0.39 is 11.8 Å². The van der Waals surface area contributed by atoms with E-state index in [1.54, 1.807) is 35.2 Å². The number of nitriles is 1. The predicted molar refractivity (Wildman–Crippen MR) is 103 cm³/mol. The van der Waals surface area contributed by atoms with Crippen molar-refractivity contribution in [2.45, 2.75) is 24.2 Å². The fourth-order valence-electron chi connectivity index (χ4n) is 2.28. The molecule has 2 aromatic carbocycles. The predicted octanol–water partition coefficient (Wildman–Crippen LogP) is 5.11. The van der Waals surface area contributed by atoms with Crippen molar-refractivity contribution in [1.29, 1.82) is 5.26 Å². The Morgan fingerprint density at radius 2 is 2.07 bits per heavy atom. The Hall–Kier alpha value is -2.69. The number of esters is 1. The zero-order chi connectivity index (χ0) is 19.2. The van der Waals surface area contributed by atoms with Crippen molar-refractivity contribution in [2.24, 2.45) is 0 Å². The smallest absolute Gasteiger partial charge is 0.338 e. The molecule has 136 valence electrons. The van der Waals surface area contributed by atoms with Gasteiger partial charge in [0.25, 0.3) is 0 Å². The van der Waals surface area contributed by atoms with E-state index in [2.05, 4.69) is 4.98 Å². The summed E-state index contributed by atoms with van der Waals surface area (Å²) in [6.45, 7) is 1.79. The van der Waals surface area contributed by atoms with Crippen LogP contribution in [-0.4, -0.2) is 11.0 Å². The lowest BCUT2D eigenvalue weighted by Gasteiger charge is -2.07. The molecule has 27 heavy (non-hydrogen) atoms. The van der Waals surface area contributed by atoms with E-state index in [9.17, 15) is 9.18 Å². The van der Waals surface area contributed by atoms with Gasteiger partial charge in [-0.3, -0.25) is 0 Å². The van der Waals surface area contributed by atoms with Crippen LogP contribution in [0.4, 0.5) is 4.39 Å². The van der Waals surface area contributed by atoms with Gasteiger partial charge < -0.3 is 4.74 Å². The van der Waals surface area contributed by atoms with Crippen molar-refractivity contribution in [3.05, 3.63) is 81.1 Å². The molecule has 4 nitrogen and oxygen atoms in total. The van der Waals surface area contributed by atoms with E-state index in [-0.39, 0.29) is 17.7 Å². The molecular formula is C20H15FN2O2S2. The number of halogens is 1. The SMILES string of the molecule is Cc1nc(CSc2ccc(C(=O)OCc3ccc(C#N)cc3F)cc2)cs1. The highest BCUT2D eigenvalue weighted by Gasteiger charge is 2.10. The van der Waals surface area contributed by atoms with Crippen molar-refractivity contribution >= 4 is 29.1 Å². The number of carbonyl (C=O) groups excluding carboxylic acids is 1. The molecule has 1 heterocycles. The number of benzene rings is 2. The lowest BCUT2D eigenvalue weighted by Crippen LogP contribution is -2.06. The Morgan fingerprint density at radius 1 is 1.30 bits per heavy atom. The van der Waals surface area contributed by atoms with Crippen LogP contribution in [0, 0.1) is 24.1 Å². The summed E-state index contributed by atoms with van der Waals surface area (Å²) in [6.07, 6.45) is 0. The lowest BCUT2D eigenvalue weighted by molar-refractivity contribution is 0.0469. The molecule has 7 heteroatoms. The summed E-state index contributed by atoms with van der Waals surface area (Å²) in [5.74, 6) is -0.317. The Labute approximate surface area is 164 Å². The van der Waals surface area contributed by atoms with Gasteiger partial charge in [-0.05, 0) is 43.3 Å². The minimum atomic E-state index is -0.564. The van der Waals surface area contributed by atoms with Crippen molar-refractivity contribution in [3.63, 3.8) is 0 Å². The molecule has 0 amide bonds. The molecule has 0 atom stereocenters. The number of hydrogen-bond donors (Lipinski definition) is 0. The highest BCUT2D eigenvalue weighted by molar-refractivity contribution is 7.98. The molecule has 1 aromatic heterocycles. The Balaban J connectivity index is 1.55. The van der Waals surface area contributed by atoms with Crippen LogP contribution in [0.3, 0.4) is 0 Å². The van der Waals surface area contributed by atoms with Gasteiger partial charge in [-0.15, -0.1) is 23.1 Å². The van der Waals surface area contributed by atoms with E-state index in [0.29, 0.717) is 5.56 Å². The molecule has 0 unspecified atom stereocenters. The second-order valence-electron chi connectivity index (χ2n) is 5.67. The molecule has 0 aliphatic rings. The van der Waals surface area contributed by atoms with Gasteiger partial charge in [0.05, 0.1) is 27.9 Å². The Morgan fingerprint density at radius 3 is 2.70 bits per heavy atom. The summed E-state index contributed by atoms with van der Waals surface area (Å²) in [6, 6.07) is 13.0. The first-order valence-corrected chi connectivity index (χ1v) is 9.91. The normalized spacial score (nSPS) is 10.4. The first-order valence-electron chi connectivity index (χ1n) is 8.04. The third-order valence-corrected chi connectivity index (χ3v) is 5.55. The maximum absolute atomic E-state index is 13.8. The largest absolute Gasteiger partial charge is 0.457 e. The van der Waals surface area contributed by atoms with E-state index in [4.69, 9.17) is 10.00 Å². The van der Waals surface area contributed by atoms with Crippen molar-refractivity contribution in [2.75, 3.05) is 0 Å². The van der Waals surface area contributed by atoms with Crippen LogP contribution in [0.2, 0.25) is 0 Å². The van der Waals surface area contributed by atoms with Crippen LogP contribution >= 0.6 is 23.1 Å². The Kier molecular flexibility index (Phi) is 6.22. The second-order valence-corrected chi connectivity index (χ2v) is 7.78. The van der Waals surface area contributed by atoms with E-state index in [1.807, 2.05) is 30.5 Å². The molecule has 0 spiro atoms. The summed E-state index contributed by atoms with van der Waals surface area (Å²) in [5, 5.41) is 11.8. The highest BCUT2D eigenvalue weighted by atomic mass is 32.2. The zero-order valence-electron chi connectivity index (χ0n) is 14.4. The summed E-state index contributed by atoms with van der Waals surface area (Å²) in [5.41, 5.74) is 1.89. The van der Waals surface area contributed by atoms with E-state index in [1.165, 1.54) is 12.1 Å². The number of aryl methyl sites for hydroxylation is 1. The van der Waals surface area contributed by atoms with Gasteiger partial charge in [-0.1, -0.05) is 6.07 Å². The quantitative estimate of drug-likeness (QED) is 0.426. The highest BCUT2D eigenvalue weighted by Crippen LogP contribution is 2.24. The molecule has 0 aliphatic heterocycles. The molecule has 0 radical (unpaired) electrons. The molecule has 3 rings (SSSR count). The number of thiazole rings is 1. The first-order chi connectivity index (χ1) is 13.0. The van der Waals surface area contributed by atoms with Gasteiger partial charge in [0.1, 0.15) is 12.4 Å². The minimum absolute atomic E-state index is 0.184. The summed E-state index contributed by atoms with van der Waals surface area (Å²) in [7, 11) is 0. The Bertz CT molecular complexity index is 994. The number of rotatable bonds is 6. The summed E-state index contributed by atoms with van der Waals surface area (Å²) in [4.78, 5) is 17.6. The van der Waals surface area contributed by atoms with Gasteiger partial charge in [0.2, 0.25) is 0 Å². The topological polar surface area (TPSA) is 63.0 Å². The summed E-state index contributed by atoms with van der Waals surface area (Å²) < 4.78 is 19.0. The van der Waals surface area contributed by atoms with Crippen LogP contribution in [0.15, 0.2) is 52.7 Å². The van der Waals surface area contributed by atoms with Gasteiger partial charge >= 0.3 is 5.97 Å². The standard InChI is InChI=1S/C20H15FN2O2S2/c1-13-23-17(11-26-13)12-27-18-6-4-15(5-7-18)20(24)25-10-16-3-2-14(9-22)8-19(16)21/h2-8,11H,10,12H2,1H3. The molecule has 0 saturated heterocycles. The summed E-state index contributed by atoms with van der Waals surface area (Å²) >= 11 is 3.26. The number of carbonyl (C=O) groups is 1. The zero-order valence-corrected chi connectivity index (χ0v) is 16.1. The molecule has 0 aliphatic carbocycles. The maximum atomic E-state index is 13.8. The van der Waals surface area contributed by atoms with Gasteiger partial charge in [0, 0.05) is 21.6 Å². The fraction of sp³-hybridized carbons (Fsp3) is 0.150. The number of nitrogens with zero attached hydrogens (tertiary/aromatic N) is 2. The third-order valence-electron chi connectivity index (χ3n) is 3.68. The van der Waals surface area contributed by atoms with Crippen molar-refractivity contribution in [3.8, 4) is 6.07 Å².